The Hall–Kier alpha value is -0.590. The molecular weight excluding hydrogens is 234 g/mol. The summed E-state index contributed by atoms with van der Waals surface area (Å²) in [6, 6.07) is 2.40. The quantitative estimate of drug-likeness (QED) is 0.733. The number of nitrogens with one attached hydrogen (secondary N) is 1. The number of hydrogen-bond donors (Lipinski definition) is 1. The summed E-state index contributed by atoms with van der Waals surface area (Å²) in [5.74, 6) is 0.823. The number of nitriles is 1. The van der Waals surface area contributed by atoms with Crippen molar-refractivity contribution in [2.75, 3.05) is 32.7 Å². The van der Waals surface area contributed by atoms with Crippen LogP contribution in [0, 0.1) is 22.7 Å². The van der Waals surface area contributed by atoms with Crippen molar-refractivity contribution in [3.8, 4) is 6.07 Å². The average Bonchev–Trinajstić information content (AvgIpc) is 2.40. The van der Waals surface area contributed by atoms with Crippen LogP contribution in [0.2, 0.25) is 0 Å². The van der Waals surface area contributed by atoms with Gasteiger partial charge in [-0.3, -0.25) is 0 Å². The minimum absolute atomic E-state index is 0.162. The maximum atomic E-state index is 9.05. The Bertz CT molecular complexity index is 274. The Morgan fingerprint density at radius 3 is 2.74 bits per heavy atom. The molecule has 1 fully saturated rings. The zero-order chi connectivity index (χ0) is 14.1. The molecule has 1 aliphatic rings. The predicted molar refractivity (Wildman–Crippen MR) is 81.0 cm³/mol. The van der Waals surface area contributed by atoms with Gasteiger partial charge in [-0.2, -0.15) is 5.26 Å². The molecule has 0 aromatic heterocycles. The maximum Gasteiger partial charge on any atom is 0.0683 e. The lowest BCUT2D eigenvalue weighted by atomic mass is 9.89. The lowest BCUT2D eigenvalue weighted by Gasteiger charge is -2.30. The van der Waals surface area contributed by atoms with Gasteiger partial charge in [-0.05, 0) is 78.0 Å². The minimum Gasteiger partial charge on any atom is -0.316 e. The first-order valence-electron chi connectivity index (χ1n) is 7.91. The molecule has 0 saturated carbocycles. The molecule has 1 atom stereocenters. The SMILES string of the molecule is CCCN(CCCC(C)(C)C#N)CC1CCCNC1. The fraction of sp³-hybridized carbons (Fsp3) is 0.938. The van der Waals surface area contributed by atoms with E-state index in [2.05, 4.69) is 23.2 Å². The van der Waals surface area contributed by atoms with Crippen LogP contribution in [-0.4, -0.2) is 37.6 Å². The highest BCUT2D eigenvalue weighted by Crippen LogP contribution is 2.21. The standard InChI is InChI=1S/C16H31N3/c1-4-10-19(11-6-8-16(2,3)14-17)13-15-7-5-9-18-12-15/h15,18H,4-13H2,1-3H3. The van der Waals surface area contributed by atoms with Gasteiger partial charge in [-0.15, -0.1) is 0 Å². The van der Waals surface area contributed by atoms with Crippen LogP contribution in [0.1, 0.15) is 52.9 Å². The number of piperidine rings is 1. The topological polar surface area (TPSA) is 39.1 Å². The predicted octanol–water partition coefficient (Wildman–Crippen LogP) is 3.03. The first-order chi connectivity index (χ1) is 9.07. The first kappa shape index (κ1) is 16.5. The Morgan fingerprint density at radius 1 is 1.37 bits per heavy atom. The fourth-order valence-corrected chi connectivity index (χ4v) is 2.86. The van der Waals surface area contributed by atoms with Crippen molar-refractivity contribution >= 4 is 0 Å². The molecule has 1 unspecified atom stereocenters. The van der Waals surface area contributed by atoms with Gasteiger partial charge in [0.05, 0.1) is 11.5 Å². The van der Waals surface area contributed by atoms with Crippen molar-refractivity contribution < 1.29 is 0 Å². The highest BCUT2D eigenvalue weighted by molar-refractivity contribution is 4.91. The van der Waals surface area contributed by atoms with E-state index < -0.39 is 0 Å². The number of hydrogen-bond acceptors (Lipinski definition) is 3. The van der Waals surface area contributed by atoms with Gasteiger partial charge in [0, 0.05) is 6.54 Å². The van der Waals surface area contributed by atoms with Gasteiger partial charge in [0.2, 0.25) is 0 Å². The van der Waals surface area contributed by atoms with Gasteiger partial charge in [0.25, 0.3) is 0 Å². The van der Waals surface area contributed by atoms with Crippen LogP contribution in [0.4, 0.5) is 0 Å². The van der Waals surface area contributed by atoms with Crippen LogP contribution in [0.25, 0.3) is 0 Å². The minimum atomic E-state index is -0.162. The normalized spacial score (nSPS) is 20.5. The smallest absolute Gasteiger partial charge is 0.0683 e. The molecule has 0 aromatic carbocycles. The van der Waals surface area contributed by atoms with Crippen molar-refractivity contribution in [1.82, 2.24) is 10.2 Å². The molecule has 1 N–H and O–H groups in total. The summed E-state index contributed by atoms with van der Waals surface area (Å²) in [6.45, 7) is 12.3. The van der Waals surface area contributed by atoms with Crippen LogP contribution in [0.5, 0.6) is 0 Å². The van der Waals surface area contributed by atoms with E-state index >= 15 is 0 Å². The van der Waals surface area contributed by atoms with E-state index in [1.807, 2.05) is 13.8 Å². The van der Waals surface area contributed by atoms with Crippen molar-refractivity contribution in [2.24, 2.45) is 11.3 Å². The van der Waals surface area contributed by atoms with Crippen LogP contribution in [0.15, 0.2) is 0 Å². The van der Waals surface area contributed by atoms with E-state index in [1.54, 1.807) is 0 Å². The Morgan fingerprint density at radius 2 is 2.16 bits per heavy atom. The molecule has 1 aliphatic heterocycles. The summed E-state index contributed by atoms with van der Waals surface area (Å²) >= 11 is 0. The highest BCUT2D eigenvalue weighted by Gasteiger charge is 2.19. The van der Waals surface area contributed by atoms with Crippen molar-refractivity contribution in [2.45, 2.75) is 52.9 Å². The first-order valence-corrected chi connectivity index (χ1v) is 7.91. The van der Waals surface area contributed by atoms with E-state index in [0.29, 0.717) is 0 Å². The molecule has 0 aromatic rings. The third-order valence-electron chi connectivity index (χ3n) is 4.03. The van der Waals surface area contributed by atoms with E-state index in [4.69, 9.17) is 5.26 Å². The number of rotatable bonds is 8. The van der Waals surface area contributed by atoms with Crippen molar-refractivity contribution in [3.05, 3.63) is 0 Å². The third kappa shape index (κ3) is 6.94. The molecule has 0 spiro atoms. The molecule has 110 valence electrons. The van der Waals surface area contributed by atoms with E-state index in [9.17, 15) is 0 Å². The molecule has 19 heavy (non-hydrogen) atoms. The van der Waals surface area contributed by atoms with E-state index in [1.165, 1.54) is 45.4 Å². The Balaban J connectivity index is 2.29. The Labute approximate surface area is 119 Å². The van der Waals surface area contributed by atoms with E-state index in [-0.39, 0.29) is 5.41 Å². The molecular formula is C16H31N3. The van der Waals surface area contributed by atoms with Crippen LogP contribution < -0.4 is 5.32 Å². The molecule has 3 nitrogen and oxygen atoms in total. The summed E-state index contributed by atoms with van der Waals surface area (Å²) < 4.78 is 0. The monoisotopic (exact) mass is 265 g/mol. The summed E-state index contributed by atoms with van der Waals surface area (Å²) in [6.07, 6.45) is 6.07. The second kappa shape index (κ2) is 8.55. The maximum absolute atomic E-state index is 9.05. The number of nitrogens with zero attached hydrogens (tertiary/aromatic N) is 2. The average molecular weight is 265 g/mol. The fourth-order valence-electron chi connectivity index (χ4n) is 2.86. The summed E-state index contributed by atoms with van der Waals surface area (Å²) in [4.78, 5) is 2.60. The third-order valence-corrected chi connectivity index (χ3v) is 4.03. The molecule has 0 bridgehead atoms. The molecule has 0 amide bonds. The molecule has 1 heterocycles. The molecule has 1 saturated heterocycles. The lowest BCUT2D eigenvalue weighted by Crippen LogP contribution is -2.39. The van der Waals surface area contributed by atoms with Crippen LogP contribution in [0.3, 0.4) is 0 Å². The zero-order valence-electron chi connectivity index (χ0n) is 13.0. The van der Waals surface area contributed by atoms with Gasteiger partial charge in [-0.1, -0.05) is 6.92 Å². The van der Waals surface area contributed by atoms with E-state index in [0.717, 1.165) is 25.3 Å². The van der Waals surface area contributed by atoms with Crippen LogP contribution >= 0.6 is 0 Å². The zero-order valence-corrected chi connectivity index (χ0v) is 13.0. The van der Waals surface area contributed by atoms with Gasteiger partial charge < -0.3 is 10.2 Å². The lowest BCUT2D eigenvalue weighted by molar-refractivity contribution is 0.199. The molecule has 0 aliphatic carbocycles. The highest BCUT2D eigenvalue weighted by atomic mass is 15.1. The summed E-state index contributed by atoms with van der Waals surface area (Å²) in [5, 5.41) is 12.6. The van der Waals surface area contributed by atoms with Crippen LogP contribution in [-0.2, 0) is 0 Å². The van der Waals surface area contributed by atoms with Crippen molar-refractivity contribution in [1.29, 1.82) is 5.26 Å². The molecule has 3 heteroatoms. The second-order valence-electron chi connectivity index (χ2n) is 6.61. The van der Waals surface area contributed by atoms with Crippen molar-refractivity contribution in [3.63, 3.8) is 0 Å². The summed E-state index contributed by atoms with van der Waals surface area (Å²) in [7, 11) is 0. The Kier molecular flexibility index (Phi) is 7.41. The van der Waals surface area contributed by atoms with Gasteiger partial charge in [0.15, 0.2) is 0 Å². The van der Waals surface area contributed by atoms with Gasteiger partial charge in [0.1, 0.15) is 0 Å². The second-order valence-corrected chi connectivity index (χ2v) is 6.61. The van der Waals surface area contributed by atoms with Gasteiger partial charge >= 0.3 is 0 Å². The molecule has 0 radical (unpaired) electrons. The summed E-state index contributed by atoms with van der Waals surface area (Å²) in [5.41, 5.74) is -0.162. The van der Waals surface area contributed by atoms with Gasteiger partial charge in [-0.25, -0.2) is 0 Å². The largest absolute Gasteiger partial charge is 0.316 e. The molecule has 1 rings (SSSR count).